The van der Waals surface area contributed by atoms with Crippen LogP contribution in [-0.2, 0) is 15.3 Å². The van der Waals surface area contributed by atoms with Gasteiger partial charge in [0.1, 0.15) is 0 Å². The summed E-state index contributed by atoms with van der Waals surface area (Å²) in [5, 5.41) is 3.26. The van der Waals surface area contributed by atoms with Gasteiger partial charge in [-0.25, -0.2) is 0 Å². The Labute approximate surface area is 218 Å². The van der Waals surface area contributed by atoms with E-state index >= 15 is 0 Å². The maximum Gasteiger partial charge on any atom is 0.428 e. The van der Waals surface area contributed by atoms with Gasteiger partial charge >= 0.3 is 6.18 Å². The summed E-state index contributed by atoms with van der Waals surface area (Å²) in [5.74, 6) is -0.424. The molecule has 1 unspecified atom stereocenters. The third-order valence-electron chi connectivity index (χ3n) is 5.45. The first-order chi connectivity index (χ1) is 17.1. The van der Waals surface area contributed by atoms with Crippen LogP contribution in [0.15, 0.2) is 67.0 Å². The summed E-state index contributed by atoms with van der Waals surface area (Å²) in [6.45, 7) is 0. The molecule has 36 heavy (non-hydrogen) atoms. The van der Waals surface area contributed by atoms with E-state index in [0.29, 0.717) is 21.9 Å². The molecule has 3 aromatic carbocycles. The molecule has 0 spiro atoms. The third-order valence-corrected chi connectivity index (χ3v) is 6.64. The Morgan fingerprint density at radius 1 is 1.06 bits per heavy atom. The minimum atomic E-state index is -4.89. The lowest BCUT2D eigenvalue weighted by Crippen LogP contribution is -2.42. The summed E-state index contributed by atoms with van der Waals surface area (Å²) in [6.07, 6.45) is -1.25. The van der Waals surface area contributed by atoms with Crippen LogP contribution >= 0.6 is 34.8 Å². The molecule has 1 atom stereocenters. The molecule has 12 heteroatoms. The minimum absolute atomic E-state index is 0.0434. The topological polar surface area (TPSA) is 71.6 Å². The van der Waals surface area contributed by atoms with Gasteiger partial charge in [-0.05, 0) is 35.0 Å². The molecule has 1 aliphatic heterocycles. The number of carbonyl (C=O) groups excluding carboxylic acids is 1. The molecule has 188 valence electrons. The van der Waals surface area contributed by atoms with Crippen molar-refractivity contribution in [3.05, 3.63) is 98.8 Å². The smallest absolute Gasteiger partial charge is 0.327 e. The van der Waals surface area contributed by atoms with Crippen molar-refractivity contribution in [2.45, 2.75) is 11.8 Å². The van der Waals surface area contributed by atoms with Gasteiger partial charge in [0.25, 0.3) is 5.91 Å². The highest BCUT2D eigenvalue weighted by Crippen LogP contribution is 2.49. The highest BCUT2D eigenvalue weighted by Gasteiger charge is 2.60. The van der Waals surface area contributed by atoms with E-state index in [1.807, 2.05) is 0 Å². The molecule has 6 nitrogen and oxygen atoms in total. The molecule has 0 aliphatic carbocycles. The van der Waals surface area contributed by atoms with Gasteiger partial charge in [0.15, 0.2) is 0 Å². The van der Waals surface area contributed by atoms with E-state index in [4.69, 9.17) is 39.6 Å². The van der Waals surface area contributed by atoms with Crippen LogP contribution in [0.25, 0.3) is 16.5 Å². The first-order valence-electron chi connectivity index (χ1n) is 10.2. The molecule has 1 amide bonds. The summed E-state index contributed by atoms with van der Waals surface area (Å²) in [6, 6.07) is 12.0. The van der Waals surface area contributed by atoms with E-state index in [0.717, 1.165) is 18.2 Å². The van der Waals surface area contributed by atoms with Crippen molar-refractivity contribution >= 4 is 57.2 Å². The van der Waals surface area contributed by atoms with Crippen LogP contribution in [0.3, 0.4) is 0 Å². The summed E-state index contributed by atoms with van der Waals surface area (Å²) < 4.78 is 43.2. The SMILES string of the molecule is CON/C=C/NC(=O)c1ccc(C2=CC(c3cc(Cl)c(Cl)c(Cl)c3)(C(F)(F)F)ON2)c2ccccc12. The van der Waals surface area contributed by atoms with Gasteiger partial charge in [-0.3, -0.25) is 25.4 Å². The summed E-state index contributed by atoms with van der Waals surface area (Å²) in [7, 11) is 1.41. The predicted octanol–water partition coefficient (Wildman–Crippen LogP) is 6.49. The molecular formula is C24H17Cl3F3N3O3. The fourth-order valence-electron chi connectivity index (χ4n) is 3.78. The second-order valence-electron chi connectivity index (χ2n) is 7.58. The molecular weight excluding hydrogens is 542 g/mol. The van der Waals surface area contributed by atoms with E-state index in [1.165, 1.54) is 31.6 Å². The quantitative estimate of drug-likeness (QED) is 0.238. The zero-order chi connectivity index (χ0) is 26.1. The number of amides is 1. The fourth-order valence-corrected chi connectivity index (χ4v) is 4.37. The second-order valence-corrected chi connectivity index (χ2v) is 8.78. The van der Waals surface area contributed by atoms with E-state index in [-0.39, 0.29) is 26.3 Å². The number of nitrogens with one attached hydrogen (secondary N) is 3. The van der Waals surface area contributed by atoms with Crippen LogP contribution in [0.2, 0.25) is 15.1 Å². The van der Waals surface area contributed by atoms with Crippen molar-refractivity contribution in [2.24, 2.45) is 0 Å². The average Bonchev–Trinajstić information content (AvgIpc) is 3.31. The van der Waals surface area contributed by atoms with Crippen LogP contribution in [0.5, 0.6) is 0 Å². The largest absolute Gasteiger partial charge is 0.428 e. The first-order valence-corrected chi connectivity index (χ1v) is 11.4. The van der Waals surface area contributed by atoms with Crippen molar-refractivity contribution < 1.29 is 27.6 Å². The van der Waals surface area contributed by atoms with Crippen LogP contribution in [0, 0.1) is 0 Å². The lowest BCUT2D eigenvalue weighted by molar-refractivity contribution is -0.269. The molecule has 3 aromatic rings. The molecule has 1 heterocycles. The van der Waals surface area contributed by atoms with Gasteiger partial charge < -0.3 is 5.32 Å². The highest BCUT2D eigenvalue weighted by atomic mass is 35.5. The van der Waals surface area contributed by atoms with Gasteiger partial charge in [-0.2, -0.15) is 13.2 Å². The Morgan fingerprint density at radius 3 is 2.36 bits per heavy atom. The number of hydroxylamine groups is 2. The molecule has 4 rings (SSSR count). The Kier molecular flexibility index (Phi) is 7.40. The first kappa shape index (κ1) is 26.1. The number of rotatable bonds is 6. The number of benzene rings is 3. The molecule has 0 bridgehead atoms. The van der Waals surface area contributed by atoms with Crippen molar-refractivity contribution in [1.29, 1.82) is 0 Å². The van der Waals surface area contributed by atoms with Crippen molar-refractivity contribution in [2.75, 3.05) is 7.11 Å². The molecule has 0 saturated heterocycles. The van der Waals surface area contributed by atoms with Crippen molar-refractivity contribution in [3.63, 3.8) is 0 Å². The van der Waals surface area contributed by atoms with Gasteiger partial charge in [-0.15, -0.1) is 0 Å². The second kappa shape index (κ2) is 10.2. The maximum absolute atomic E-state index is 14.4. The zero-order valence-corrected chi connectivity index (χ0v) is 20.6. The summed E-state index contributed by atoms with van der Waals surface area (Å²) in [4.78, 5) is 22.5. The van der Waals surface area contributed by atoms with Gasteiger partial charge in [-0.1, -0.05) is 65.1 Å². The third kappa shape index (κ3) is 4.72. The average molecular weight is 559 g/mol. The van der Waals surface area contributed by atoms with E-state index in [9.17, 15) is 18.0 Å². The Bertz CT molecular complexity index is 1370. The minimum Gasteiger partial charge on any atom is -0.327 e. The van der Waals surface area contributed by atoms with Crippen molar-refractivity contribution in [1.82, 2.24) is 16.3 Å². The van der Waals surface area contributed by atoms with Crippen LogP contribution in [-0.4, -0.2) is 19.2 Å². The highest BCUT2D eigenvalue weighted by molar-refractivity contribution is 6.48. The van der Waals surface area contributed by atoms with Crippen LogP contribution < -0.4 is 16.3 Å². The molecule has 0 fully saturated rings. The standard InChI is InChI=1S/C24H17Cl3F3N3O3/c1-35-32-9-8-31-22(34)17-7-6-16(14-4-2-3-5-15(14)17)20-12-23(36-33-20,24(28,29)30)13-10-18(25)21(27)19(26)11-13/h2-12,32-33H,1H3,(H,31,34)/b9-8+. The van der Waals surface area contributed by atoms with E-state index in [1.54, 1.807) is 24.3 Å². The number of fused-ring (bicyclic) bond motifs is 1. The van der Waals surface area contributed by atoms with Gasteiger partial charge in [0, 0.05) is 29.1 Å². The molecule has 0 aromatic heterocycles. The molecule has 0 saturated carbocycles. The Morgan fingerprint density at radius 2 is 1.72 bits per heavy atom. The van der Waals surface area contributed by atoms with Crippen LogP contribution in [0.1, 0.15) is 21.5 Å². The Balaban J connectivity index is 1.81. The van der Waals surface area contributed by atoms with Gasteiger partial charge in [0.05, 0.1) is 27.9 Å². The number of halogens is 6. The van der Waals surface area contributed by atoms with Crippen LogP contribution in [0.4, 0.5) is 13.2 Å². The normalized spacial score (nSPS) is 17.8. The maximum atomic E-state index is 14.4. The number of hydrogen-bond donors (Lipinski definition) is 3. The van der Waals surface area contributed by atoms with Gasteiger partial charge in [0.2, 0.25) is 5.60 Å². The lowest BCUT2D eigenvalue weighted by atomic mass is 9.90. The number of hydrogen-bond acceptors (Lipinski definition) is 5. The van der Waals surface area contributed by atoms with Crippen molar-refractivity contribution in [3.8, 4) is 0 Å². The monoisotopic (exact) mass is 557 g/mol. The zero-order valence-electron chi connectivity index (χ0n) is 18.3. The number of carbonyl (C=O) groups is 1. The summed E-state index contributed by atoms with van der Waals surface area (Å²) >= 11 is 17.9. The lowest BCUT2D eigenvalue weighted by Gasteiger charge is -2.29. The molecule has 0 radical (unpaired) electrons. The summed E-state index contributed by atoms with van der Waals surface area (Å²) in [5.41, 5.74) is 2.34. The fraction of sp³-hybridized carbons (Fsp3) is 0.125. The molecule has 1 aliphatic rings. The number of alkyl halides is 3. The van der Waals surface area contributed by atoms with E-state index in [2.05, 4.69) is 21.1 Å². The van der Waals surface area contributed by atoms with E-state index < -0.39 is 17.7 Å². The molecule has 3 N–H and O–H groups in total. The Hall–Kier alpha value is -2.95. The predicted molar refractivity (Wildman–Crippen MR) is 132 cm³/mol.